The van der Waals surface area contributed by atoms with Gasteiger partial charge in [-0.2, -0.15) is 16.4 Å². The van der Waals surface area contributed by atoms with E-state index in [-0.39, 0.29) is 17.4 Å². The van der Waals surface area contributed by atoms with E-state index in [0.717, 1.165) is 17.7 Å². The molecule has 0 N–H and O–H groups in total. The van der Waals surface area contributed by atoms with Crippen molar-refractivity contribution in [1.29, 1.82) is 0 Å². The molecular formula is C17H21N5O2S. The van der Waals surface area contributed by atoms with E-state index in [2.05, 4.69) is 10.00 Å². The third-order valence-electron chi connectivity index (χ3n) is 5.33. The number of anilines is 1. The number of carbonyl (C=O) groups excluding carboxylic acids is 2. The highest BCUT2D eigenvalue weighted by molar-refractivity contribution is 7.08. The highest BCUT2D eigenvalue weighted by Gasteiger charge is 2.48. The molecule has 2 amide bonds. The van der Waals surface area contributed by atoms with Gasteiger partial charge >= 0.3 is 0 Å². The molecule has 4 rings (SSSR count). The van der Waals surface area contributed by atoms with Gasteiger partial charge in [-0.15, -0.1) is 0 Å². The molecule has 2 aliphatic rings. The Morgan fingerprint density at radius 2 is 2.16 bits per heavy atom. The molecule has 0 radical (unpaired) electrons. The van der Waals surface area contributed by atoms with Crippen molar-refractivity contribution in [1.82, 2.24) is 19.6 Å². The smallest absolute Gasteiger partial charge is 0.254 e. The minimum atomic E-state index is -0.199. The van der Waals surface area contributed by atoms with Crippen LogP contribution in [0, 0.1) is 0 Å². The first-order valence-corrected chi connectivity index (χ1v) is 9.24. The number of hydrogen-bond acceptors (Lipinski definition) is 5. The van der Waals surface area contributed by atoms with Gasteiger partial charge in [-0.3, -0.25) is 19.2 Å². The van der Waals surface area contributed by atoms with Gasteiger partial charge in [0.1, 0.15) is 0 Å². The van der Waals surface area contributed by atoms with E-state index in [1.807, 2.05) is 46.9 Å². The van der Waals surface area contributed by atoms with Gasteiger partial charge in [-0.05, 0) is 24.9 Å². The van der Waals surface area contributed by atoms with E-state index in [1.54, 1.807) is 10.9 Å². The maximum absolute atomic E-state index is 12.7. The van der Waals surface area contributed by atoms with Crippen LogP contribution in [0.2, 0.25) is 0 Å². The molecule has 0 saturated carbocycles. The number of hydrogen-bond donors (Lipinski definition) is 0. The Labute approximate surface area is 150 Å². The molecule has 7 nitrogen and oxygen atoms in total. The molecule has 4 heterocycles. The van der Waals surface area contributed by atoms with Crippen molar-refractivity contribution in [2.75, 3.05) is 38.1 Å². The number of amides is 2. The quantitative estimate of drug-likeness (QED) is 0.804. The average Bonchev–Trinajstić information content (AvgIpc) is 3.32. The lowest BCUT2D eigenvalue weighted by molar-refractivity contribution is -0.123. The van der Waals surface area contributed by atoms with Crippen molar-refractivity contribution in [3.05, 3.63) is 34.8 Å². The van der Waals surface area contributed by atoms with Gasteiger partial charge < -0.3 is 9.80 Å². The number of thiophene rings is 1. The van der Waals surface area contributed by atoms with Gasteiger partial charge in [0.2, 0.25) is 5.91 Å². The van der Waals surface area contributed by atoms with Crippen LogP contribution in [0.3, 0.4) is 0 Å². The second-order valence-corrected chi connectivity index (χ2v) is 7.70. The van der Waals surface area contributed by atoms with Crippen LogP contribution in [0.1, 0.15) is 16.8 Å². The zero-order valence-electron chi connectivity index (χ0n) is 14.4. The number of rotatable bonds is 2. The van der Waals surface area contributed by atoms with Crippen LogP contribution < -0.4 is 4.90 Å². The molecule has 2 fully saturated rings. The largest absolute Gasteiger partial charge is 0.337 e. The normalized spacial score (nSPS) is 24.5. The summed E-state index contributed by atoms with van der Waals surface area (Å²) in [5.74, 6) is 0.153. The summed E-state index contributed by atoms with van der Waals surface area (Å²) in [6.45, 7) is 2.30. The monoisotopic (exact) mass is 359 g/mol. The summed E-state index contributed by atoms with van der Waals surface area (Å²) in [6.07, 6.45) is 4.45. The number of aromatic nitrogens is 2. The fraction of sp³-hybridized carbons (Fsp3) is 0.471. The van der Waals surface area contributed by atoms with Gasteiger partial charge in [0.25, 0.3) is 5.91 Å². The molecule has 1 spiro atoms. The second kappa shape index (κ2) is 5.96. The van der Waals surface area contributed by atoms with E-state index in [0.29, 0.717) is 26.2 Å². The molecule has 2 aliphatic heterocycles. The predicted molar refractivity (Wildman–Crippen MR) is 95.8 cm³/mol. The number of nitrogens with zero attached hydrogens (tertiary/aromatic N) is 5. The molecule has 2 aromatic heterocycles. The van der Waals surface area contributed by atoms with Crippen LogP contribution in [-0.4, -0.2) is 70.2 Å². The Bertz CT molecular complexity index is 802. The van der Waals surface area contributed by atoms with Crippen molar-refractivity contribution in [2.24, 2.45) is 7.05 Å². The lowest BCUT2D eigenvalue weighted by Gasteiger charge is -2.46. The van der Waals surface area contributed by atoms with Crippen LogP contribution in [0.5, 0.6) is 0 Å². The Kier molecular flexibility index (Phi) is 3.88. The fourth-order valence-corrected chi connectivity index (χ4v) is 4.41. The van der Waals surface area contributed by atoms with Crippen LogP contribution in [-0.2, 0) is 11.8 Å². The van der Waals surface area contributed by atoms with E-state index in [9.17, 15) is 9.59 Å². The van der Waals surface area contributed by atoms with E-state index in [1.165, 1.54) is 11.3 Å². The third kappa shape index (κ3) is 2.75. The lowest BCUT2D eigenvalue weighted by Crippen LogP contribution is -2.64. The SMILES string of the molecule is CN1CC(=O)N(c2cnn(C)c2)C[C@@]12CCN(C(=O)c1ccsc1)C2. The average molecular weight is 359 g/mol. The number of likely N-dealkylation sites (N-methyl/N-ethyl adjacent to an activating group) is 1. The molecule has 0 aliphatic carbocycles. The highest BCUT2D eigenvalue weighted by atomic mass is 32.1. The Morgan fingerprint density at radius 3 is 2.84 bits per heavy atom. The second-order valence-electron chi connectivity index (χ2n) is 6.92. The summed E-state index contributed by atoms with van der Waals surface area (Å²) in [4.78, 5) is 31.0. The summed E-state index contributed by atoms with van der Waals surface area (Å²) in [5, 5.41) is 8.00. The molecule has 2 aromatic rings. The zero-order valence-corrected chi connectivity index (χ0v) is 15.2. The van der Waals surface area contributed by atoms with Crippen LogP contribution >= 0.6 is 11.3 Å². The number of aryl methyl sites for hydroxylation is 1. The van der Waals surface area contributed by atoms with Crippen molar-refractivity contribution in [3.63, 3.8) is 0 Å². The predicted octanol–water partition coefficient (Wildman–Crippen LogP) is 1.04. The molecule has 2 saturated heterocycles. The van der Waals surface area contributed by atoms with Crippen LogP contribution in [0.4, 0.5) is 5.69 Å². The first-order valence-electron chi connectivity index (χ1n) is 8.30. The standard InChI is InChI=1S/C17H21N5O2S/c1-19-9-15(23)22(14-7-18-20(2)8-14)12-17(19)4-5-21(11-17)16(24)13-3-6-25-10-13/h3,6-8,10H,4-5,9,11-12H2,1-2H3/t17-/m0/s1. The molecule has 0 aromatic carbocycles. The Balaban J connectivity index is 1.56. The minimum absolute atomic E-state index is 0.0729. The topological polar surface area (TPSA) is 61.7 Å². The third-order valence-corrected chi connectivity index (χ3v) is 6.01. The van der Waals surface area contributed by atoms with Crippen molar-refractivity contribution in [2.45, 2.75) is 12.0 Å². The first kappa shape index (κ1) is 16.3. The Morgan fingerprint density at radius 1 is 1.32 bits per heavy atom. The van der Waals surface area contributed by atoms with E-state index >= 15 is 0 Å². The van der Waals surface area contributed by atoms with Crippen molar-refractivity contribution >= 4 is 28.8 Å². The number of likely N-dealkylation sites (tertiary alicyclic amines) is 1. The molecule has 0 unspecified atom stereocenters. The van der Waals surface area contributed by atoms with Crippen molar-refractivity contribution < 1.29 is 9.59 Å². The maximum Gasteiger partial charge on any atom is 0.254 e. The van der Waals surface area contributed by atoms with Crippen LogP contribution in [0.15, 0.2) is 29.2 Å². The van der Waals surface area contributed by atoms with E-state index < -0.39 is 0 Å². The van der Waals surface area contributed by atoms with Gasteiger partial charge in [-0.25, -0.2) is 0 Å². The molecule has 0 bridgehead atoms. The maximum atomic E-state index is 12.7. The highest BCUT2D eigenvalue weighted by Crippen LogP contribution is 2.34. The van der Waals surface area contributed by atoms with Gasteiger partial charge in [0.15, 0.2) is 0 Å². The summed E-state index contributed by atoms with van der Waals surface area (Å²) in [7, 11) is 3.83. The van der Waals surface area contributed by atoms with E-state index in [4.69, 9.17) is 0 Å². The molecule has 132 valence electrons. The summed E-state index contributed by atoms with van der Waals surface area (Å²) in [6, 6.07) is 1.87. The fourth-order valence-electron chi connectivity index (χ4n) is 3.78. The molecule has 1 atom stereocenters. The minimum Gasteiger partial charge on any atom is -0.337 e. The molecule has 8 heteroatoms. The first-order chi connectivity index (χ1) is 12.0. The van der Waals surface area contributed by atoms with Gasteiger partial charge in [-0.1, -0.05) is 0 Å². The molecular weight excluding hydrogens is 338 g/mol. The lowest BCUT2D eigenvalue weighted by atomic mass is 9.93. The Hall–Kier alpha value is -2.19. The van der Waals surface area contributed by atoms with Crippen molar-refractivity contribution in [3.8, 4) is 0 Å². The van der Waals surface area contributed by atoms with Crippen LogP contribution in [0.25, 0.3) is 0 Å². The zero-order chi connectivity index (χ0) is 17.6. The van der Waals surface area contributed by atoms with Gasteiger partial charge in [0.05, 0.1) is 29.5 Å². The number of carbonyl (C=O) groups is 2. The van der Waals surface area contributed by atoms with Gasteiger partial charge in [0, 0.05) is 38.3 Å². The molecule has 25 heavy (non-hydrogen) atoms. The summed E-state index contributed by atoms with van der Waals surface area (Å²) >= 11 is 1.53. The summed E-state index contributed by atoms with van der Waals surface area (Å²) in [5.41, 5.74) is 1.37. The summed E-state index contributed by atoms with van der Waals surface area (Å²) < 4.78 is 1.70. The number of piperazine rings is 1.